The lowest BCUT2D eigenvalue weighted by Crippen LogP contribution is -2.44. The molecule has 0 aromatic carbocycles. The molecule has 120 valence electrons. The first kappa shape index (κ1) is 19.6. The second-order valence-electron chi connectivity index (χ2n) is 6.99. The van der Waals surface area contributed by atoms with Gasteiger partial charge in [-0.05, 0) is 37.9 Å². The quantitative estimate of drug-likeness (QED) is 0.448. The van der Waals surface area contributed by atoms with Crippen LogP contribution in [-0.2, 0) is 14.0 Å². The van der Waals surface area contributed by atoms with Crippen LogP contribution in [0.5, 0.6) is 0 Å². The molecule has 0 saturated carbocycles. The lowest BCUT2D eigenvalue weighted by atomic mass is 10.1. The van der Waals surface area contributed by atoms with Gasteiger partial charge >= 0.3 is 5.97 Å². The van der Waals surface area contributed by atoms with E-state index in [0.717, 1.165) is 25.7 Å². The van der Waals surface area contributed by atoms with Gasteiger partial charge in [0, 0.05) is 12.5 Å². The highest BCUT2D eigenvalue weighted by Crippen LogP contribution is 2.38. The van der Waals surface area contributed by atoms with Gasteiger partial charge in [-0.3, -0.25) is 4.79 Å². The Morgan fingerprint density at radius 2 is 1.75 bits per heavy atom. The Morgan fingerprint density at radius 3 is 2.20 bits per heavy atom. The van der Waals surface area contributed by atoms with Crippen molar-refractivity contribution in [1.82, 2.24) is 0 Å². The van der Waals surface area contributed by atoms with Crippen molar-refractivity contribution in [3.8, 4) is 0 Å². The van der Waals surface area contributed by atoms with E-state index in [9.17, 15) is 4.79 Å². The molecule has 0 unspecified atom stereocenters. The van der Waals surface area contributed by atoms with Crippen molar-refractivity contribution in [2.45, 2.75) is 91.0 Å². The third kappa shape index (κ3) is 7.43. The zero-order valence-corrected chi connectivity index (χ0v) is 15.5. The molecule has 3 nitrogen and oxygen atoms in total. The van der Waals surface area contributed by atoms with E-state index in [1.807, 2.05) is 6.92 Å². The van der Waals surface area contributed by atoms with Crippen LogP contribution < -0.4 is 0 Å². The van der Waals surface area contributed by atoms with Crippen LogP contribution in [0.3, 0.4) is 0 Å². The number of carbonyl (C=O) groups excluding carboxylic acids is 1. The normalized spacial score (nSPS) is 14.2. The standard InChI is InChI=1S/C16H34O3Si/c1-8-10-11-14(12-13-15(17)18-9-2)19-20(6,7)16(3,4)5/h14H,8-13H2,1-7H3/t14-/m0/s1. The molecule has 0 rings (SSSR count). The fourth-order valence-electron chi connectivity index (χ4n) is 1.80. The van der Waals surface area contributed by atoms with Gasteiger partial charge in [-0.25, -0.2) is 0 Å². The second kappa shape index (κ2) is 8.83. The minimum absolute atomic E-state index is 0.104. The molecule has 20 heavy (non-hydrogen) atoms. The average Bonchev–Trinajstić information content (AvgIpc) is 2.31. The molecule has 0 heterocycles. The van der Waals surface area contributed by atoms with E-state index < -0.39 is 8.32 Å². The topological polar surface area (TPSA) is 35.5 Å². The average molecular weight is 303 g/mol. The van der Waals surface area contributed by atoms with Gasteiger partial charge in [0.2, 0.25) is 0 Å². The summed E-state index contributed by atoms with van der Waals surface area (Å²) in [5, 5.41) is 0.210. The first-order valence-electron chi connectivity index (χ1n) is 7.97. The second-order valence-corrected chi connectivity index (χ2v) is 11.7. The Kier molecular flexibility index (Phi) is 8.67. The Labute approximate surface area is 126 Å². The lowest BCUT2D eigenvalue weighted by molar-refractivity contribution is -0.143. The number of hydrogen-bond acceptors (Lipinski definition) is 3. The monoisotopic (exact) mass is 302 g/mol. The molecular formula is C16H34O3Si. The van der Waals surface area contributed by atoms with Crippen LogP contribution >= 0.6 is 0 Å². The van der Waals surface area contributed by atoms with Gasteiger partial charge in [-0.1, -0.05) is 40.5 Å². The molecule has 0 N–H and O–H groups in total. The summed E-state index contributed by atoms with van der Waals surface area (Å²) in [5.41, 5.74) is 0. The van der Waals surface area contributed by atoms with Crippen molar-refractivity contribution in [3.05, 3.63) is 0 Å². The van der Waals surface area contributed by atoms with Crippen LogP contribution in [-0.4, -0.2) is 27.0 Å². The molecule has 0 fully saturated rings. The Hall–Kier alpha value is -0.353. The van der Waals surface area contributed by atoms with Gasteiger partial charge in [0.25, 0.3) is 0 Å². The molecule has 0 bridgehead atoms. The molecule has 0 aliphatic carbocycles. The van der Waals surface area contributed by atoms with Gasteiger partial charge in [0.1, 0.15) is 0 Å². The van der Waals surface area contributed by atoms with E-state index in [-0.39, 0.29) is 17.1 Å². The van der Waals surface area contributed by atoms with E-state index in [2.05, 4.69) is 40.8 Å². The Balaban J connectivity index is 4.52. The minimum Gasteiger partial charge on any atom is -0.466 e. The highest BCUT2D eigenvalue weighted by atomic mass is 28.4. The van der Waals surface area contributed by atoms with Crippen LogP contribution in [0.25, 0.3) is 0 Å². The van der Waals surface area contributed by atoms with Gasteiger partial charge in [0.05, 0.1) is 6.61 Å². The number of hydrogen-bond donors (Lipinski definition) is 0. The van der Waals surface area contributed by atoms with E-state index in [0.29, 0.717) is 13.0 Å². The summed E-state index contributed by atoms with van der Waals surface area (Å²) in [4.78, 5) is 11.5. The van der Waals surface area contributed by atoms with E-state index in [4.69, 9.17) is 9.16 Å². The number of carbonyl (C=O) groups is 1. The molecule has 0 spiro atoms. The molecule has 4 heteroatoms. The third-order valence-corrected chi connectivity index (χ3v) is 8.66. The fourth-order valence-corrected chi connectivity index (χ4v) is 3.22. The summed E-state index contributed by atoms with van der Waals surface area (Å²) in [5.74, 6) is -0.104. The number of esters is 1. The van der Waals surface area contributed by atoms with E-state index in [1.165, 1.54) is 0 Å². The van der Waals surface area contributed by atoms with E-state index in [1.54, 1.807) is 0 Å². The van der Waals surface area contributed by atoms with Crippen molar-refractivity contribution in [2.75, 3.05) is 6.61 Å². The Bertz CT molecular complexity index is 282. The molecular weight excluding hydrogens is 268 g/mol. The molecule has 0 aliphatic rings. The van der Waals surface area contributed by atoms with E-state index >= 15 is 0 Å². The molecule has 0 aliphatic heterocycles. The lowest BCUT2D eigenvalue weighted by Gasteiger charge is -2.39. The van der Waals surface area contributed by atoms with Crippen molar-refractivity contribution < 1.29 is 14.0 Å². The number of rotatable bonds is 9. The van der Waals surface area contributed by atoms with Gasteiger partial charge < -0.3 is 9.16 Å². The maximum Gasteiger partial charge on any atom is 0.305 e. The van der Waals surface area contributed by atoms with Crippen LogP contribution in [0.2, 0.25) is 18.1 Å². The SMILES string of the molecule is CCCC[C@@H](CCC(=O)OCC)O[Si](C)(C)C(C)(C)C. The van der Waals surface area contributed by atoms with Gasteiger partial charge in [-0.2, -0.15) is 0 Å². The van der Waals surface area contributed by atoms with Crippen LogP contribution in [0, 0.1) is 0 Å². The maximum atomic E-state index is 11.5. The highest BCUT2D eigenvalue weighted by Gasteiger charge is 2.39. The molecule has 1 atom stereocenters. The highest BCUT2D eigenvalue weighted by molar-refractivity contribution is 6.74. The fraction of sp³-hybridized carbons (Fsp3) is 0.938. The predicted octanol–water partition coefficient (Wildman–Crippen LogP) is 4.91. The molecule has 0 saturated heterocycles. The molecule has 0 aromatic rings. The summed E-state index contributed by atoms with van der Waals surface area (Å²) in [6.45, 7) is 15.8. The third-order valence-electron chi connectivity index (χ3n) is 4.12. The zero-order chi connectivity index (χ0) is 15.8. The Morgan fingerprint density at radius 1 is 1.15 bits per heavy atom. The van der Waals surface area contributed by atoms with Crippen molar-refractivity contribution in [2.24, 2.45) is 0 Å². The van der Waals surface area contributed by atoms with Gasteiger partial charge in [0.15, 0.2) is 8.32 Å². The smallest absolute Gasteiger partial charge is 0.305 e. The first-order chi connectivity index (χ1) is 9.14. The predicted molar refractivity (Wildman–Crippen MR) is 87.5 cm³/mol. The maximum absolute atomic E-state index is 11.5. The summed E-state index contributed by atoms with van der Waals surface area (Å²) >= 11 is 0. The van der Waals surface area contributed by atoms with Crippen LogP contribution in [0.1, 0.15) is 66.7 Å². The molecule has 0 amide bonds. The van der Waals surface area contributed by atoms with Crippen molar-refractivity contribution in [1.29, 1.82) is 0 Å². The zero-order valence-electron chi connectivity index (χ0n) is 14.5. The van der Waals surface area contributed by atoms with Crippen molar-refractivity contribution >= 4 is 14.3 Å². The van der Waals surface area contributed by atoms with Gasteiger partial charge in [-0.15, -0.1) is 0 Å². The largest absolute Gasteiger partial charge is 0.466 e. The summed E-state index contributed by atoms with van der Waals surface area (Å²) in [7, 11) is -1.76. The van der Waals surface area contributed by atoms with Crippen LogP contribution in [0.4, 0.5) is 0 Å². The minimum atomic E-state index is -1.76. The summed E-state index contributed by atoms with van der Waals surface area (Å²) in [6, 6.07) is 0. The number of ether oxygens (including phenoxy) is 1. The van der Waals surface area contributed by atoms with Crippen molar-refractivity contribution in [3.63, 3.8) is 0 Å². The molecule has 0 radical (unpaired) electrons. The summed E-state index contributed by atoms with van der Waals surface area (Å²) < 4.78 is 11.5. The number of unbranched alkanes of at least 4 members (excludes halogenated alkanes) is 1. The summed E-state index contributed by atoms with van der Waals surface area (Å²) in [6.07, 6.45) is 4.81. The molecule has 0 aromatic heterocycles. The first-order valence-corrected chi connectivity index (χ1v) is 10.9. The van der Waals surface area contributed by atoms with Crippen LogP contribution in [0.15, 0.2) is 0 Å².